The minimum absolute atomic E-state index is 0.193. The van der Waals surface area contributed by atoms with Gasteiger partial charge in [-0.3, -0.25) is 5.41 Å². The molecule has 0 amide bonds. The van der Waals surface area contributed by atoms with Gasteiger partial charge in [0.05, 0.1) is 6.21 Å². The van der Waals surface area contributed by atoms with E-state index in [1.54, 1.807) is 6.07 Å². The molecule has 0 radical (unpaired) electrons. The summed E-state index contributed by atoms with van der Waals surface area (Å²) in [6, 6.07) is 4.23. The number of nitrogens with one attached hydrogen (secondary N) is 2. The molecule has 14 heavy (non-hydrogen) atoms. The number of nitrogens with two attached hydrogens (primary N) is 1. The van der Waals surface area contributed by atoms with Crippen LogP contribution in [0.1, 0.15) is 5.56 Å². The lowest BCUT2D eigenvalue weighted by molar-refractivity contribution is 0.403. The number of phenolic OH excluding ortho intramolecular Hbond substituents is 2. The Kier molecular flexibility index (Phi) is 2.90. The number of hydrogen-bond acceptors (Lipinski definition) is 4. The molecule has 0 heterocycles. The van der Waals surface area contributed by atoms with E-state index < -0.39 is 0 Å². The topological polar surface area (TPSA) is 115 Å². The number of aromatic hydroxyl groups is 2. The van der Waals surface area contributed by atoms with Crippen LogP contribution in [-0.2, 0) is 0 Å². The lowest BCUT2D eigenvalue weighted by Crippen LogP contribution is -2.25. The first-order valence-corrected chi connectivity index (χ1v) is 3.74. The number of guanidine groups is 1. The Hall–Kier alpha value is -2.24. The maximum atomic E-state index is 9.11. The van der Waals surface area contributed by atoms with Crippen LogP contribution in [0.25, 0.3) is 0 Å². The Morgan fingerprint density at radius 3 is 2.71 bits per heavy atom. The van der Waals surface area contributed by atoms with Gasteiger partial charge in [0.25, 0.3) is 0 Å². The maximum Gasteiger partial charge on any atom is 0.206 e. The molecule has 1 aromatic rings. The highest BCUT2D eigenvalue weighted by Crippen LogP contribution is 2.23. The monoisotopic (exact) mass is 194 g/mol. The smallest absolute Gasteiger partial charge is 0.206 e. The third kappa shape index (κ3) is 2.67. The quantitative estimate of drug-likeness (QED) is 0.196. The summed E-state index contributed by atoms with van der Waals surface area (Å²) in [5, 5.41) is 28.5. The van der Waals surface area contributed by atoms with Crippen molar-refractivity contribution in [3.8, 4) is 11.5 Å². The van der Waals surface area contributed by atoms with Gasteiger partial charge in [0.2, 0.25) is 5.96 Å². The summed E-state index contributed by atoms with van der Waals surface area (Å²) < 4.78 is 0. The van der Waals surface area contributed by atoms with E-state index in [0.717, 1.165) is 0 Å². The minimum atomic E-state index is -0.274. The van der Waals surface area contributed by atoms with Crippen LogP contribution < -0.4 is 11.2 Å². The van der Waals surface area contributed by atoms with Crippen LogP contribution >= 0.6 is 0 Å². The van der Waals surface area contributed by atoms with Gasteiger partial charge in [-0.15, -0.1) is 0 Å². The third-order valence-electron chi connectivity index (χ3n) is 1.40. The first kappa shape index (κ1) is 9.85. The zero-order valence-electron chi connectivity index (χ0n) is 7.23. The Labute approximate surface area is 80.2 Å². The van der Waals surface area contributed by atoms with Crippen molar-refractivity contribution in [3.05, 3.63) is 23.8 Å². The Morgan fingerprint density at radius 2 is 2.14 bits per heavy atom. The van der Waals surface area contributed by atoms with E-state index in [0.29, 0.717) is 5.56 Å². The summed E-state index contributed by atoms with van der Waals surface area (Å²) in [5.74, 6) is -0.692. The molecule has 1 aromatic carbocycles. The molecular formula is C8H10N4O2. The molecule has 0 aromatic heterocycles. The second-order valence-corrected chi connectivity index (χ2v) is 2.53. The molecule has 0 atom stereocenters. The van der Waals surface area contributed by atoms with Crippen LogP contribution in [0.3, 0.4) is 0 Å². The van der Waals surface area contributed by atoms with Crippen LogP contribution in [0.5, 0.6) is 11.5 Å². The average Bonchev–Trinajstić information content (AvgIpc) is 2.10. The normalized spacial score (nSPS) is 10.3. The summed E-state index contributed by atoms with van der Waals surface area (Å²) in [5.41, 5.74) is 7.77. The molecule has 0 unspecified atom stereocenters. The fraction of sp³-hybridized carbons (Fsp3) is 0. The van der Waals surface area contributed by atoms with Gasteiger partial charge >= 0.3 is 0 Å². The second kappa shape index (κ2) is 4.13. The van der Waals surface area contributed by atoms with Crippen LogP contribution in [0.2, 0.25) is 0 Å². The van der Waals surface area contributed by atoms with Gasteiger partial charge in [-0.25, -0.2) is 5.43 Å². The van der Waals surface area contributed by atoms with Crippen LogP contribution in [0.4, 0.5) is 0 Å². The van der Waals surface area contributed by atoms with Gasteiger partial charge in [0.1, 0.15) is 0 Å². The van der Waals surface area contributed by atoms with Crippen molar-refractivity contribution in [3.63, 3.8) is 0 Å². The predicted octanol–water partition coefficient (Wildman–Crippen LogP) is -0.0852. The summed E-state index contributed by atoms with van der Waals surface area (Å²) in [6.45, 7) is 0. The van der Waals surface area contributed by atoms with Crippen LogP contribution in [0, 0.1) is 5.41 Å². The fourth-order valence-corrected chi connectivity index (χ4v) is 0.797. The van der Waals surface area contributed by atoms with E-state index in [1.165, 1.54) is 18.3 Å². The van der Waals surface area contributed by atoms with Gasteiger partial charge in [0.15, 0.2) is 11.5 Å². The molecule has 6 N–H and O–H groups in total. The zero-order valence-corrected chi connectivity index (χ0v) is 7.23. The maximum absolute atomic E-state index is 9.11. The molecule has 6 nitrogen and oxygen atoms in total. The van der Waals surface area contributed by atoms with E-state index in [-0.39, 0.29) is 17.5 Å². The van der Waals surface area contributed by atoms with E-state index >= 15 is 0 Å². The molecule has 6 heteroatoms. The van der Waals surface area contributed by atoms with Crippen LogP contribution in [-0.4, -0.2) is 22.4 Å². The molecule has 0 fully saturated rings. The highest BCUT2D eigenvalue weighted by atomic mass is 16.3. The first-order valence-electron chi connectivity index (χ1n) is 3.74. The Morgan fingerprint density at radius 1 is 1.43 bits per heavy atom. The summed E-state index contributed by atoms with van der Waals surface area (Å²) in [4.78, 5) is 0. The van der Waals surface area contributed by atoms with Gasteiger partial charge in [-0.05, 0) is 23.8 Å². The zero-order chi connectivity index (χ0) is 10.6. The number of rotatable bonds is 2. The van der Waals surface area contributed by atoms with Gasteiger partial charge in [-0.2, -0.15) is 5.10 Å². The van der Waals surface area contributed by atoms with Gasteiger partial charge < -0.3 is 15.9 Å². The van der Waals surface area contributed by atoms with Crippen molar-refractivity contribution in [1.82, 2.24) is 5.43 Å². The SMILES string of the molecule is N=C(N)NN=Cc1ccc(O)c(O)c1. The van der Waals surface area contributed by atoms with Crippen molar-refractivity contribution in [2.24, 2.45) is 10.8 Å². The van der Waals surface area contributed by atoms with Gasteiger partial charge in [0, 0.05) is 0 Å². The fourth-order valence-electron chi connectivity index (χ4n) is 0.797. The lowest BCUT2D eigenvalue weighted by atomic mass is 10.2. The number of hydrogen-bond donors (Lipinski definition) is 5. The van der Waals surface area contributed by atoms with E-state index in [4.69, 9.17) is 21.4 Å². The van der Waals surface area contributed by atoms with Crippen molar-refractivity contribution >= 4 is 12.2 Å². The third-order valence-corrected chi connectivity index (χ3v) is 1.40. The van der Waals surface area contributed by atoms with E-state index in [9.17, 15) is 0 Å². The number of hydrazone groups is 1. The summed E-state index contributed by atoms with van der Waals surface area (Å²) >= 11 is 0. The van der Waals surface area contributed by atoms with Crippen LogP contribution in [0.15, 0.2) is 23.3 Å². The molecule has 74 valence electrons. The number of benzene rings is 1. The second-order valence-electron chi connectivity index (χ2n) is 2.53. The van der Waals surface area contributed by atoms with E-state index in [2.05, 4.69) is 10.5 Å². The standard InChI is InChI=1S/C8H10N4O2/c9-8(10)12-11-4-5-1-2-6(13)7(14)3-5/h1-4,13-14H,(H4,9,10,12). The Balaban J connectivity index is 2.73. The van der Waals surface area contributed by atoms with Crippen molar-refractivity contribution in [2.75, 3.05) is 0 Å². The van der Waals surface area contributed by atoms with Gasteiger partial charge in [-0.1, -0.05) is 0 Å². The lowest BCUT2D eigenvalue weighted by Gasteiger charge is -1.98. The largest absolute Gasteiger partial charge is 0.504 e. The van der Waals surface area contributed by atoms with Crippen molar-refractivity contribution in [2.45, 2.75) is 0 Å². The summed E-state index contributed by atoms with van der Waals surface area (Å²) in [7, 11) is 0. The number of nitrogens with zero attached hydrogens (tertiary/aromatic N) is 1. The average molecular weight is 194 g/mol. The number of phenols is 2. The molecule has 1 rings (SSSR count). The molecular weight excluding hydrogens is 184 g/mol. The summed E-state index contributed by atoms with van der Waals surface area (Å²) in [6.07, 6.45) is 1.36. The molecule has 0 bridgehead atoms. The molecule has 0 saturated carbocycles. The molecule has 0 saturated heterocycles. The molecule has 0 aliphatic carbocycles. The van der Waals surface area contributed by atoms with Crippen molar-refractivity contribution in [1.29, 1.82) is 5.41 Å². The highest BCUT2D eigenvalue weighted by Gasteiger charge is 1.97. The minimum Gasteiger partial charge on any atom is -0.504 e. The predicted molar refractivity (Wildman–Crippen MR) is 52.4 cm³/mol. The molecule has 0 aliphatic rings. The van der Waals surface area contributed by atoms with Crippen molar-refractivity contribution < 1.29 is 10.2 Å². The molecule has 0 aliphatic heterocycles. The highest BCUT2D eigenvalue weighted by molar-refractivity contribution is 5.82. The van der Waals surface area contributed by atoms with E-state index in [1.807, 2.05) is 0 Å². The Bertz CT molecular complexity index is 376. The first-order chi connectivity index (χ1) is 6.59. The molecule has 0 spiro atoms.